The molecular weight excluding hydrogens is 291 g/mol. The number of aromatic nitrogens is 2. The highest BCUT2D eigenvalue weighted by Gasteiger charge is 2.11. The summed E-state index contributed by atoms with van der Waals surface area (Å²) in [7, 11) is 1.86. The van der Waals surface area contributed by atoms with E-state index in [1.165, 1.54) is 6.07 Å². The first-order chi connectivity index (χ1) is 11.2. The van der Waals surface area contributed by atoms with Gasteiger partial charge in [0.2, 0.25) is 0 Å². The quantitative estimate of drug-likeness (QED) is 0.799. The fourth-order valence-corrected chi connectivity index (χ4v) is 2.42. The van der Waals surface area contributed by atoms with Crippen molar-refractivity contribution < 1.29 is 4.39 Å². The molecule has 0 unspecified atom stereocenters. The zero-order valence-electron chi connectivity index (χ0n) is 12.6. The molecule has 0 radical (unpaired) electrons. The summed E-state index contributed by atoms with van der Waals surface area (Å²) in [5.74, 6) is -0.436. The lowest BCUT2D eigenvalue weighted by atomic mass is 10.1. The number of nitrogens with zero attached hydrogens (tertiary/aromatic N) is 3. The SMILES string of the molecule is Cn1cc(CNc2ccc(C#N)cc2F)c(-c2ccccc2)n1. The largest absolute Gasteiger partial charge is 0.378 e. The van der Waals surface area contributed by atoms with Crippen molar-refractivity contribution in [3.05, 3.63) is 71.7 Å². The van der Waals surface area contributed by atoms with Gasteiger partial charge < -0.3 is 5.32 Å². The molecule has 0 bridgehead atoms. The number of hydrogen-bond donors (Lipinski definition) is 1. The fourth-order valence-electron chi connectivity index (χ4n) is 2.42. The van der Waals surface area contributed by atoms with Gasteiger partial charge >= 0.3 is 0 Å². The Morgan fingerprint density at radius 1 is 1.22 bits per heavy atom. The van der Waals surface area contributed by atoms with Gasteiger partial charge in [0.15, 0.2) is 0 Å². The Hall–Kier alpha value is -3.13. The smallest absolute Gasteiger partial charge is 0.147 e. The van der Waals surface area contributed by atoms with Crippen LogP contribution in [0.15, 0.2) is 54.7 Å². The minimum Gasteiger partial charge on any atom is -0.378 e. The Labute approximate surface area is 133 Å². The molecule has 4 nitrogen and oxygen atoms in total. The molecule has 0 saturated heterocycles. The van der Waals surface area contributed by atoms with Crippen molar-refractivity contribution in [2.45, 2.75) is 6.54 Å². The van der Waals surface area contributed by atoms with Gasteiger partial charge in [0.1, 0.15) is 5.82 Å². The lowest BCUT2D eigenvalue weighted by Crippen LogP contribution is -2.02. The van der Waals surface area contributed by atoms with Crippen molar-refractivity contribution in [2.24, 2.45) is 7.05 Å². The molecule has 0 spiro atoms. The maximum absolute atomic E-state index is 13.9. The first kappa shape index (κ1) is 14.8. The van der Waals surface area contributed by atoms with Crippen LogP contribution in [0.3, 0.4) is 0 Å². The molecule has 23 heavy (non-hydrogen) atoms. The number of nitriles is 1. The number of benzene rings is 2. The van der Waals surface area contributed by atoms with Crippen molar-refractivity contribution >= 4 is 5.69 Å². The minimum atomic E-state index is -0.436. The molecule has 114 valence electrons. The third-order valence-electron chi connectivity index (χ3n) is 3.52. The van der Waals surface area contributed by atoms with Crippen molar-refractivity contribution in [3.8, 4) is 17.3 Å². The Balaban J connectivity index is 1.83. The van der Waals surface area contributed by atoms with Crippen LogP contribution >= 0.6 is 0 Å². The van der Waals surface area contributed by atoms with Gasteiger partial charge in [-0.05, 0) is 18.2 Å². The molecule has 3 rings (SSSR count). The van der Waals surface area contributed by atoms with Crippen LogP contribution in [-0.2, 0) is 13.6 Å². The van der Waals surface area contributed by atoms with E-state index in [1.807, 2.05) is 49.6 Å². The van der Waals surface area contributed by atoms with Crippen LogP contribution in [-0.4, -0.2) is 9.78 Å². The first-order valence-corrected chi connectivity index (χ1v) is 7.19. The molecule has 1 heterocycles. The highest BCUT2D eigenvalue weighted by Crippen LogP contribution is 2.23. The van der Waals surface area contributed by atoms with Gasteiger partial charge in [0.25, 0.3) is 0 Å². The van der Waals surface area contributed by atoms with Crippen molar-refractivity contribution in [2.75, 3.05) is 5.32 Å². The average Bonchev–Trinajstić information content (AvgIpc) is 2.95. The molecule has 0 amide bonds. The maximum atomic E-state index is 13.9. The van der Waals surface area contributed by atoms with Crippen LogP contribution in [0.25, 0.3) is 11.3 Å². The van der Waals surface area contributed by atoms with E-state index in [1.54, 1.807) is 16.8 Å². The van der Waals surface area contributed by atoms with Crippen molar-refractivity contribution in [1.29, 1.82) is 5.26 Å². The highest BCUT2D eigenvalue weighted by molar-refractivity contribution is 5.63. The molecule has 1 N–H and O–H groups in total. The van der Waals surface area contributed by atoms with E-state index in [2.05, 4.69) is 10.4 Å². The molecule has 0 aliphatic heterocycles. The van der Waals surface area contributed by atoms with Crippen molar-refractivity contribution in [3.63, 3.8) is 0 Å². The van der Waals surface area contributed by atoms with E-state index >= 15 is 0 Å². The van der Waals surface area contributed by atoms with E-state index in [9.17, 15) is 4.39 Å². The van der Waals surface area contributed by atoms with Crippen LogP contribution in [0.1, 0.15) is 11.1 Å². The molecule has 5 heteroatoms. The van der Waals surface area contributed by atoms with Crippen LogP contribution in [0, 0.1) is 17.1 Å². The van der Waals surface area contributed by atoms with E-state index in [-0.39, 0.29) is 0 Å². The summed E-state index contributed by atoms with van der Waals surface area (Å²) in [5.41, 5.74) is 3.54. The number of halogens is 1. The Morgan fingerprint density at radius 3 is 2.70 bits per heavy atom. The summed E-state index contributed by atoms with van der Waals surface area (Å²) >= 11 is 0. The zero-order chi connectivity index (χ0) is 16.2. The standard InChI is InChI=1S/C18H15FN4/c1-23-12-15(18(22-23)14-5-3-2-4-6-14)11-21-17-8-7-13(10-20)9-16(17)19/h2-9,12,21H,11H2,1H3. The third kappa shape index (κ3) is 3.22. The third-order valence-corrected chi connectivity index (χ3v) is 3.52. The molecule has 3 aromatic rings. The number of anilines is 1. The zero-order valence-corrected chi connectivity index (χ0v) is 12.6. The second kappa shape index (κ2) is 6.32. The molecule has 0 aliphatic carbocycles. The van der Waals surface area contributed by atoms with Gasteiger partial charge in [-0.15, -0.1) is 0 Å². The lowest BCUT2D eigenvalue weighted by Gasteiger charge is -2.08. The maximum Gasteiger partial charge on any atom is 0.147 e. The Bertz CT molecular complexity index is 862. The van der Waals surface area contributed by atoms with Crippen LogP contribution in [0.4, 0.5) is 10.1 Å². The predicted octanol–water partition coefficient (Wildman–Crippen LogP) is 3.71. The van der Waals surface area contributed by atoms with Gasteiger partial charge in [0.05, 0.1) is 23.0 Å². The van der Waals surface area contributed by atoms with Gasteiger partial charge in [0, 0.05) is 30.9 Å². The van der Waals surface area contributed by atoms with E-state index in [4.69, 9.17) is 5.26 Å². The second-order valence-corrected chi connectivity index (χ2v) is 5.20. The summed E-state index contributed by atoms with van der Waals surface area (Å²) in [5, 5.41) is 16.3. The van der Waals surface area contributed by atoms with E-state index < -0.39 is 5.82 Å². The summed E-state index contributed by atoms with van der Waals surface area (Å²) in [6, 6.07) is 16.2. The van der Waals surface area contributed by atoms with Gasteiger partial charge in [-0.1, -0.05) is 30.3 Å². The highest BCUT2D eigenvalue weighted by atomic mass is 19.1. The molecule has 0 aliphatic rings. The van der Waals surface area contributed by atoms with Crippen LogP contribution < -0.4 is 5.32 Å². The summed E-state index contributed by atoms with van der Waals surface area (Å²) in [4.78, 5) is 0. The molecular formula is C18H15FN4. The normalized spacial score (nSPS) is 10.3. The van der Waals surface area contributed by atoms with E-state index in [0.29, 0.717) is 17.8 Å². The second-order valence-electron chi connectivity index (χ2n) is 5.20. The van der Waals surface area contributed by atoms with Crippen molar-refractivity contribution in [1.82, 2.24) is 9.78 Å². The summed E-state index contributed by atoms with van der Waals surface area (Å²) < 4.78 is 15.7. The van der Waals surface area contributed by atoms with Gasteiger partial charge in [-0.2, -0.15) is 10.4 Å². The molecule has 0 atom stereocenters. The first-order valence-electron chi connectivity index (χ1n) is 7.19. The Morgan fingerprint density at radius 2 is 2.00 bits per heavy atom. The van der Waals surface area contributed by atoms with Gasteiger partial charge in [-0.25, -0.2) is 4.39 Å². The average molecular weight is 306 g/mol. The molecule has 0 fully saturated rings. The minimum absolute atomic E-state index is 0.305. The van der Waals surface area contributed by atoms with Crippen LogP contribution in [0.5, 0.6) is 0 Å². The summed E-state index contributed by atoms with van der Waals surface area (Å²) in [6.07, 6.45) is 1.91. The molecule has 2 aromatic carbocycles. The number of rotatable bonds is 4. The fraction of sp³-hybridized carbons (Fsp3) is 0.111. The predicted molar refractivity (Wildman–Crippen MR) is 87.1 cm³/mol. The summed E-state index contributed by atoms with van der Waals surface area (Å²) in [6.45, 7) is 0.445. The van der Waals surface area contributed by atoms with Gasteiger partial charge in [-0.3, -0.25) is 4.68 Å². The molecule has 1 aromatic heterocycles. The van der Waals surface area contributed by atoms with Crippen LogP contribution in [0.2, 0.25) is 0 Å². The Kier molecular flexibility index (Phi) is 4.07. The van der Waals surface area contributed by atoms with E-state index in [0.717, 1.165) is 16.8 Å². The number of nitrogens with one attached hydrogen (secondary N) is 1. The number of aryl methyl sites for hydroxylation is 1. The topological polar surface area (TPSA) is 53.6 Å². The number of hydrogen-bond acceptors (Lipinski definition) is 3. The monoisotopic (exact) mass is 306 g/mol. The lowest BCUT2D eigenvalue weighted by molar-refractivity contribution is 0.629. The molecule has 0 saturated carbocycles.